The number of benzene rings is 2. The van der Waals surface area contributed by atoms with Gasteiger partial charge in [-0.1, -0.05) is 75.2 Å². The van der Waals surface area contributed by atoms with Crippen molar-refractivity contribution in [1.82, 2.24) is 0 Å². The molecule has 0 fully saturated rings. The van der Waals surface area contributed by atoms with Gasteiger partial charge in [0.25, 0.3) is 0 Å². The van der Waals surface area contributed by atoms with E-state index < -0.39 is 8.32 Å². The third kappa shape index (κ3) is 5.16. The molecule has 0 amide bonds. The SMILES string of the molecule is CC(C)(C)[Si](C)(C)OCc1ccccc1C#CC(=O)c1ccccc1. The van der Waals surface area contributed by atoms with Crippen LogP contribution in [0.3, 0.4) is 0 Å². The van der Waals surface area contributed by atoms with Crippen molar-refractivity contribution in [2.75, 3.05) is 0 Å². The molecule has 0 aliphatic rings. The van der Waals surface area contributed by atoms with Crippen molar-refractivity contribution in [2.45, 2.75) is 45.5 Å². The molecule has 2 aromatic rings. The average Bonchev–Trinajstić information content (AvgIpc) is 2.58. The highest BCUT2D eigenvalue weighted by atomic mass is 28.4. The zero-order valence-electron chi connectivity index (χ0n) is 15.7. The molecule has 0 saturated carbocycles. The summed E-state index contributed by atoms with van der Waals surface area (Å²) in [6.45, 7) is 11.7. The van der Waals surface area contributed by atoms with Gasteiger partial charge < -0.3 is 4.43 Å². The molecule has 25 heavy (non-hydrogen) atoms. The first-order chi connectivity index (χ1) is 11.7. The molecular formula is C22H26O2Si. The van der Waals surface area contributed by atoms with Gasteiger partial charge in [0.15, 0.2) is 8.32 Å². The Hall–Kier alpha value is -2.15. The number of carbonyl (C=O) groups excluding carboxylic acids is 1. The molecule has 2 nitrogen and oxygen atoms in total. The highest BCUT2D eigenvalue weighted by Gasteiger charge is 2.37. The summed E-state index contributed by atoms with van der Waals surface area (Å²) in [4.78, 5) is 12.2. The number of carbonyl (C=O) groups is 1. The summed E-state index contributed by atoms with van der Waals surface area (Å²) in [5.74, 6) is 5.61. The fraction of sp³-hybridized carbons (Fsp3) is 0.318. The van der Waals surface area contributed by atoms with Crippen LogP contribution in [-0.2, 0) is 11.0 Å². The summed E-state index contributed by atoms with van der Waals surface area (Å²) < 4.78 is 6.30. The summed E-state index contributed by atoms with van der Waals surface area (Å²) in [6.07, 6.45) is 0. The molecule has 3 heteroatoms. The second-order valence-electron chi connectivity index (χ2n) is 7.65. The lowest BCUT2D eigenvalue weighted by Crippen LogP contribution is -2.40. The Morgan fingerprint density at radius 1 is 1.00 bits per heavy atom. The van der Waals surface area contributed by atoms with E-state index in [4.69, 9.17) is 4.43 Å². The van der Waals surface area contributed by atoms with Crippen molar-refractivity contribution in [3.05, 3.63) is 71.3 Å². The molecule has 0 bridgehead atoms. The molecule has 2 aromatic carbocycles. The second kappa shape index (κ2) is 7.82. The van der Waals surface area contributed by atoms with Crippen LogP contribution in [0.2, 0.25) is 18.1 Å². The topological polar surface area (TPSA) is 26.3 Å². The Labute approximate surface area is 152 Å². The molecule has 130 valence electrons. The summed E-state index contributed by atoms with van der Waals surface area (Å²) in [5.41, 5.74) is 2.50. The normalized spacial score (nSPS) is 11.6. The number of rotatable bonds is 4. The molecule has 0 heterocycles. The number of hydrogen-bond acceptors (Lipinski definition) is 2. The molecule has 0 unspecified atom stereocenters. The molecule has 0 aliphatic heterocycles. The largest absolute Gasteiger partial charge is 0.413 e. The van der Waals surface area contributed by atoms with Crippen LogP contribution < -0.4 is 0 Å². The molecule has 0 saturated heterocycles. The maximum Gasteiger partial charge on any atom is 0.236 e. The fourth-order valence-corrected chi connectivity index (χ4v) is 2.98. The van der Waals surface area contributed by atoms with E-state index in [1.54, 1.807) is 12.1 Å². The second-order valence-corrected chi connectivity index (χ2v) is 12.5. The van der Waals surface area contributed by atoms with Crippen LogP contribution in [0.1, 0.15) is 42.3 Å². The van der Waals surface area contributed by atoms with Crippen LogP contribution in [0.25, 0.3) is 0 Å². The van der Waals surface area contributed by atoms with Crippen LogP contribution in [-0.4, -0.2) is 14.1 Å². The monoisotopic (exact) mass is 350 g/mol. The molecule has 0 atom stereocenters. The van der Waals surface area contributed by atoms with E-state index >= 15 is 0 Å². The van der Waals surface area contributed by atoms with E-state index in [9.17, 15) is 4.79 Å². The van der Waals surface area contributed by atoms with Crippen LogP contribution >= 0.6 is 0 Å². The predicted molar refractivity (Wildman–Crippen MR) is 106 cm³/mol. The van der Waals surface area contributed by atoms with Gasteiger partial charge in [-0.05, 0) is 35.7 Å². The van der Waals surface area contributed by atoms with E-state index in [2.05, 4.69) is 45.7 Å². The first-order valence-electron chi connectivity index (χ1n) is 8.54. The minimum Gasteiger partial charge on any atom is -0.413 e. The standard InChI is InChI=1S/C22H26O2Si/c1-22(2,3)25(4,5)24-17-20-14-10-9-11-18(20)15-16-21(23)19-12-7-6-8-13-19/h6-14H,17H2,1-5H3. The Kier molecular flexibility index (Phi) is 6.00. The summed E-state index contributed by atoms with van der Waals surface area (Å²) >= 11 is 0. The van der Waals surface area contributed by atoms with Gasteiger partial charge in [0.1, 0.15) is 0 Å². The minimum atomic E-state index is -1.82. The van der Waals surface area contributed by atoms with Crippen LogP contribution in [0.5, 0.6) is 0 Å². The lowest BCUT2D eigenvalue weighted by Gasteiger charge is -2.36. The smallest absolute Gasteiger partial charge is 0.236 e. The Balaban J connectivity index is 2.17. The Morgan fingerprint density at radius 3 is 2.24 bits per heavy atom. The van der Waals surface area contributed by atoms with Gasteiger partial charge in [0.05, 0.1) is 6.61 Å². The lowest BCUT2D eigenvalue weighted by atomic mass is 10.1. The van der Waals surface area contributed by atoms with Crippen molar-refractivity contribution in [3.63, 3.8) is 0 Å². The van der Waals surface area contributed by atoms with Gasteiger partial charge in [-0.25, -0.2) is 0 Å². The Bertz CT molecular complexity index is 790. The van der Waals surface area contributed by atoms with Crippen LogP contribution in [0.15, 0.2) is 54.6 Å². The number of hydrogen-bond donors (Lipinski definition) is 0. The first kappa shape index (κ1) is 19.2. The van der Waals surface area contributed by atoms with E-state index in [1.807, 2.05) is 42.5 Å². The number of Topliss-reactive ketones (excluding diaryl/α,β-unsaturated/α-hetero) is 1. The molecule has 2 rings (SSSR count). The van der Waals surface area contributed by atoms with Crippen LogP contribution in [0.4, 0.5) is 0 Å². The van der Waals surface area contributed by atoms with Gasteiger partial charge in [0.2, 0.25) is 5.78 Å². The zero-order chi connectivity index (χ0) is 18.5. The number of ketones is 1. The summed E-state index contributed by atoms with van der Waals surface area (Å²) in [5, 5.41) is 0.164. The van der Waals surface area contributed by atoms with Gasteiger partial charge in [0, 0.05) is 11.1 Å². The van der Waals surface area contributed by atoms with Gasteiger partial charge >= 0.3 is 0 Å². The van der Waals surface area contributed by atoms with E-state index in [0.29, 0.717) is 12.2 Å². The third-order valence-corrected chi connectivity index (χ3v) is 9.24. The first-order valence-corrected chi connectivity index (χ1v) is 11.4. The van der Waals surface area contributed by atoms with Crippen molar-refractivity contribution >= 4 is 14.1 Å². The van der Waals surface area contributed by atoms with Crippen molar-refractivity contribution < 1.29 is 9.22 Å². The molecular weight excluding hydrogens is 324 g/mol. The van der Waals surface area contributed by atoms with Crippen LogP contribution in [0, 0.1) is 11.8 Å². The third-order valence-electron chi connectivity index (χ3n) is 4.76. The summed E-state index contributed by atoms with van der Waals surface area (Å²) in [6, 6.07) is 17.0. The highest BCUT2D eigenvalue weighted by molar-refractivity contribution is 6.74. The van der Waals surface area contributed by atoms with Crippen molar-refractivity contribution in [2.24, 2.45) is 0 Å². The average molecular weight is 351 g/mol. The van der Waals surface area contributed by atoms with E-state index in [0.717, 1.165) is 11.1 Å². The maximum atomic E-state index is 12.2. The zero-order valence-corrected chi connectivity index (χ0v) is 16.7. The fourth-order valence-electron chi connectivity index (χ4n) is 2.03. The summed E-state index contributed by atoms with van der Waals surface area (Å²) in [7, 11) is -1.82. The molecule has 0 aromatic heterocycles. The molecule has 0 aliphatic carbocycles. The van der Waals surface area contributed by atoms with E-state index in [1.165, 1.54) is 0 Å². The quantitative estimate of drug-likeness (QED) is 0.417. The molecule has 0 spiro atoms. The molecule has 0 N–H and O–H groups in total. The van der Waals surface area contributed by atoms with Gasteiger partial charge in [-0.15, -0.1) is 0 Å². The predicted octanol–water partition coefficient (Wildman–Crippen LogP) is 5.44. The van der Waals surface area contributed by atoms with Crippen molar-refractivity contribution in [1.29, 1.82) is 0 Å². The minimum absolute atomic E-state index is 0.164. The van der Waals surface area contributed by atoms with Gasteiger partial charge in [-0.2, -0.15) is 0 Å². The van der Waals surface area contributed by atoms with Crippen molar-refractivity contribution in [3.8, 4) is 11.8 Å². The van der Waals surface area contributed by atoms with Gasteiger partial charge in [-0.3, -0.25) is 4.79 Å². The molecule has 0 radical (unpaired) electrons. The Morgan fingerprint density at radius 2 is 1.60 bits per heavy atom. The van der Waals surface area contributed by atoms with E-state index in [-0.39, 0.29) is 10.8 Å². The maximum absolute atomic E-state index is 12.2. The lowest BCUT2D eigenvalue weighted by molar-refractivity contribution is 0.105. The highest BCUT2D eigenvalue weighted by Crippen LogP contribution is 2.37.